The SMILES string of the molecule is Cc1nn(C(C)c2ccccn2)c(C)c1[N+](=O)[O-]. The summed E-state index contributed by atoms with van der Waals surface area (Å²) in [7, 11) is 0. The number of hydrogen-bond acceptors (Lipinski definition) is 4. The molecule has 0 fully saturated rings. The van der Waals surface area contributed by atoms with Gasteiger partial charge in [-0.1, -0.05) is 6.07 Å². The molecule has 6 heteroatoms. The molecule has 0 aliphatic rings. The van der Waals surface area contributed by atoms with Crippen LogP contribution in [0, 0.1) is 24.0 Å². The molecule has 0 aliphatic carbocycles. The predicted molar refractivity (Wildman–Crippen MR) is 66.4 cm³/mol. The van der Waals surface area contributed by atoms with Crippen molar-refractivity contribution in [3.8, 4) is 0 Å². The van der Waals surface area contributed by atoms with Gasteiger partial charge in [0.25, 0.3) is 0 Å². The highest BCUT2D eigenvalue weighted by atomic mass is 16.6. The third kappa shape index (κ3) is 1.97. The topological polar surface area (TPSA) is 73.8 Å². The van der Waals surface area contributed by atoms with Crippen molar-refractivity contribution in [2.75, 3.05) is 0 Å². The second-order valence-corrected chi connectivity index (χ2v) is 4.15. The molecule has 2 aromatic rings. The Balaban J connectivity index is 2.47. The highest BCUT2D eigenvalue weighted by Crippen LogP contribution is 2.26. The molecule has 0 spiro atoms. The van der Waals surface area contributed by atoms with Gasteiger partial charge in [-0.2, -0.15) is 5.10 Å². The Bertz CT molecular complexity index is 577. The molecular formula is C12H14N4O2. The van der Waals surface area contributed by atoms with Gasteiger partial charge in [-0.05, 0) is 32.9 Å². The number of aromatic nitrogens is 3. The first-order valence-corrected chi connectivity index (χ1v) is 5.63. The summed E-state index contributed by atoms with van der Waals surface area (Å²) in [6.45, 7) is 5.27. The van der Waals surface area contributed by atoms with Crippen molar-refractivity contribution in [2.24, 2.45) is 0 Å². The van der Waals surface area contributed by atoms with E-state index >= 15 is 0 Å². The molecule has 6 nitrogen and oxygen atoms in total. The maximum absolute atomic E-state index is 11.0. The van der Waals surface area contributed by atoms with Crippen molar-refractivity contribution in [3.05, 3.63) is 51.6 Å². The van der Waals surface area contributed by atoms with Gasteiger partial charge in [0.15, 0.2) is 0 Å². The maximum Gasteiger partial charge on any atom is 0.312 e. The Hall–Kier alpha value is -2.24. The van der Waals surface area contributed by atoms with Crippen molar-refractivity contribution < 1.29 is 4.92 Å². The molecule has 0 aliphatic heterocycles. The van der Waals surface area contributed by atoms with Crippen LogP contribution in [-0.2, 0) is 0 Å². The Labute approximate surface area is 104 Å². The molecule has 2 heterocycles. The first-order chi connectivity index (χ1) is 8.52. The third-order valence-corrected chi connectivity index (χ3v) is 2.95. The van der Waals surface area contributed by atoms with E-state index in [0.29, 0.717) is 11.4 Å². The smallest absolute Gasteiger partial charge is 0.259 e. The summed E-state index contributed by atoms with van der Waals surface area (Å²) in [6, 6.07) is 5.48. The van der Waals surface area contributed by atoms with Crippen LogP contribution in [0.5, 0.6) is 0 Å². The molecule has 0 saturated carbocycles. The summed E-state index contributed by atoms with van der Waals surface area (Å²) in [5.41, 5.74) is 1.90. The standard InChI is InChI=1S/C12H14N4O2/c1-8-12(16(17)18)10(3)15(14-8)9(2)11-6-4-5-7-13-11/h4-7,9H,1-3H3. The molecule has 2 rings (SSSR count). The van der Waals surface area contributed by atoms with E-state index in [4.69, 9.17) is 0 Å². The van der Waals surface area contributed by atoms with E-state index < -0.39 is 0 Å². The summed E-state index contributed by atoms with van der Waals surface area (Å²) in [6.07, 6.45) is 1.70. The van der Waals surface area contributed by atoms with E-state index in [-0.39, 0.29) is 16.7 Å². The van der Waals surface area contributed by atoms with E-state index in [1.54, 1.807) is 24.7 Å². The molecule has 0 radical (unpaired) electrons. The van der Waals surface area contributed by atoms with E-state index in [1.165, 1.54) is 0 Å². The number of rotatable bonds is 3. The molecule has 0 N–H and O–H groups in total. The first-order valence-electron chi connectivity index (χ1n) is 5.63. The van der Waals surface area contributed by atoms with Crippen LogP contribution in [0.15, 0.2) is 24.4 Å². The normalized spacial score (nSPS) is 12.4. The lowest BCUT2D eigenvalue weighted by Crippen LogP contribution is -2.11. The molecule has 1 unspecified atom stereocenters. The molecule has 0 aromatic carbocycles. The molecular weight excluding hydrogens is 232 g/mol. The van der Waals surface area contributed by atoms with Gasteiger partial charge < -0.3 is 0 Å². The minimum Gasteiger partial charge on any atom is -0.259 e. The summed E-state index contributed by atoms with van der Waals surface area (Å²) in [5.74, 6) is 0. The fourth-order valence-corrected chi connectivity index (χ4v) is 2.04. The molecule has 0 saturated heterocycles. The minimum absolute atomic E-state index is 0.0813. The highest BCUT2D eigenvalue weighted by molar-refractivity contribution is 5.40. The van der Waals surface area contributed by atoms with Crippen molar-refractivity contribution >= 4 is 5.69 Å². The summed E-state index contributed by atoms with van der Waals surface area (Å²) < 4.78 is 1.65. The van der Waals surface area contributed by atoms with Crippen LogP contribution in [-0.4, -0.2) is 19.7 Å². The van der Waals surface area contributed by atoms with Crippen LogP contribution < -0.4 is 0 Å². The fraction of sp³-hybridized carbons (Fsp3) is 0.333. The van der Waals surface area contributed by atoms with Gasteiger partial charge >= 0.3 is 5.69 Å². The summed E-state index contributed by atoms with van der Waals surface area (Å²) in [5, 5.41) is 15.2. The first kappa shape index (κ1) is 12.2. The van der Waals surface area contributed by atoms with Crippen molar-refractivity contribution in [1.82, 2.24) is 14.8 Å². The van der Waals surface area contributed by atoms with Gasteiger partial charge in [-0.3, -0.25) is 19.8 Å². The number of nitro groups is 1. The number of hydrogen-bond donors (Lipinski definition) is 0. The zero-order chi connectivity index (χ0) is 13.3. The maximum atomic E-state index is 11.0. The Morgan fingerprint density at radius 3 is 2.61 bits per heavy atom. The van der Waals surface area contributed by atoms with E-state index in [9.17, 15) is 10.1 Å². The van der Waals surface area contributed by atoms with Crippen LogP contribution in [0.2, 0.25) is 0 Å². The van der Waals surface area contributed by atoms with Crippen LogP contribution in [0.25, 0.3) is 0 Å². The van der Waals surface area contributed by atoms with Crippen LogP contribution >= 0.6 is 0 Å². The van der Waals surface area contributed by atoms with Crippen LogP contribution in [0.3, 0.4) is 0 Å². The summed E-state index contributed by atoms with van der Waals surface area (Å²) >= 11 is 0. The van der Waals surface area contributed by atoms with Gasteiger partial charge in [-0.25, -0.2) is 0 Å². The van der Waals surface area contributed by atoms with Crippen molar-refractivity contribution in [1.29, 1.82) is 0 Å². The quantitative estimate of drug-likeness (QED) is 0.615. The van der Waals surface area contributed by atoms with E-state index in [2.05, 4.69) is 10.1 Å². The highest BCUT2D eigenvalue weighted by Gasteiger charge is 2.24. The average molecular weight is 246 g/mol. The predicted octanol–water partition coefficient (Wildman–Crippen LogP) is 2.41. The molecule has 0 amide bonds. The van der Waals surface area contributed by atoms with Gasteiger partial charge in [0, 0.05) is 6.20 Å². The molecule has 1 atom stereocenters. The van der Waals surface area contributed by atoms with Gasteiger partial charge in [0.2, 0.25) is 0 Å². The van der Waals surface area contributed by atoms with Crippen molar-refractivity contribution in [3.63, 3.8) is 0 Å². The molecule has 0 bridgehead atoms. The summed E-state index contributed by atoms with van der Waals surface area (Å²) in [4.78, 5) is 14.8. The van der Waals surface area contributed by atoms with E-state index in [0.717, 1.165) is 5.69 Å². The van der Waals surface area contributed by atoms with Crippen LogP contribution in [0.4, 0.5) is 5.69 Å². The monoisotopic (exact) mass is 246 g/mol. The zero-order valence-electron chi connectivity index (χ0n) is 10.5. The molecule has 2 aromatic heterocycles. The second kappa shape index (κ2) is 4.56. The molecule has 94 valence electrons. The number of pyridine rings is 1. The number of nitrogens with zero attached hydrogens (tertiary/aromatic N) is 4. The zero-order valence-corrected chi connectivity index (χ0v) is 10.5. The van der Waals surface area contributed by atoms with Gasteiger partial charge in [-0.15, -0.1) is 0 Å². The molecule has 18 heavy (non-hydrogen) atoms. The lowest BCUT2D eigenvalue weighted by molar-refractivity contribution is -0.386. The van der Waals surface area contributed by atoms with Gasteiger partial charge in [0.1, 0.15) is 11.4 Å². The lowest BCUT2D eigenvalue weighted by atomic mass is 10.2. The average Bonchev–Trinajstić information content (AvgIpc) is 2.65. The Kier molecular flexibility index (Phi) is 3.10. The minimum atomic E-state index is -0.390. The fourth-order valence-electron chi connectivity index (χ4n) is 2.04. The van der Waals surface area contributed by atoms with Crippen LogP contribution in [0.1, 0.15) is 30.0 Å². The third-order valence-electron chi connectivity index (χ3n) is 2.95. The lowest BCUT2D eigenvalue weighted by Gasteiger charge is -2.12. The van der Waals surface area contributed by atoms with Gasteiger partial charge in [0.05, 0.1) is 16.7 Å². The number of aryl methyl sites for hydroxylation is 1. The Morgan fingerprint density at radius 2 is 2.11 bits per heavy atom. The van der Waals surface area contributed by atoms with E-state index in [1.807, 2.05) is 25.1 Å². The second-order valence-electron chi connectivity index (χ2n) is 4.15. The van der Waals surface area contributed by atoms with Crippen molar-refractivity contribution in [2.45, 2.75) is 26.8 Å². The Morgan fingerprint density at radius 1 is 1.39 bits per heavy atom. The largest absolute Gasteiger partial charge is 0.312 e.